The first kappa shape index (κ1) is 15.8. The summed E-state index contributed by atoms with van der Waals surface area (Å²) in [5, 5.41) is 0. The molecule has 124 valence electrons. The Kier molecular flexibility index (Phi) is 4.71. The molecule has 3 aliphatic rings. The summed E-state index contributed by atoms with van der Waals surface area (Å²) in [6.45, 7) is 5.41. The molecule has 2 saturated carbocycles. The smallest absolute Gasteiger partial charge is 0.307 e. The molecule has 1 aliphatic heterocycles. The van der Waals surface area contributed by atoms with Crippen LogP contribution in [0.1, 0.15) is 39.0 Å². The van der Waals surface area contributed by atoms with Crippen molar-refractivity contribution in [1.29, 1.82) is 0 Å². The molecule has 2 aliphatic carbocycles. The lowest BCUT2D eigenvalue weighted by molar-refractivity contribution is -0.143. The van der Waals surface area contributed by atoms with Gasteiger partial charge in [0.2, 0.25) is 5.91 Å². The number of esters is 1. The second kappa shape index (κ2) is 6.57. The van der Waals surface area contributed by atoms with Crippen LogP contribution in [-0.2, 0) is 14.3 Å². The minimum Gasteiger partial charge on any atom is -0.469 e. The van der Waals surface area contributed by atoms with E-state index in [4.69, 9.17) is 4.74 Å². The fraction of sp³-hybridized carbons (Fsp3) is 0.882. The van der Waals surface area contributed by atoms with Crippen LogP contribution in [0, 0.1) is 17.8 Å². The lowest BCUT2D eigenvalue weighted by atomic mass is 10.0. The zero-order valence-corrected chi connectivity index (χ0v) is 13.8. The molecule has 1 saturated heterocycles. The van der Waals surface area contributed by atoms with Gasteiger partial charge in [0.1, 0.15) is 0 Å². The van der Waals surface area contributed by atoms with Crippen LogP contribution in [0.4, 0.5) is 0 Å². The van der Waals surface area contributed by atoms with Gasteiger partial charge in [-0.2, -0.15) is 0 Å². The Morgan fingerprint density at radius 2 is 1.68 bits per heavy atom. The molecular weight excluding hydrogens is 280 g/mol. The molecule has 4 atom stereocenters. The van der Waals surface area contributed by atoms with E-state index in [-0.39, 0.29) is 12.0 Å². The molecule has 0 aromatic carbocycles. The number of ether oxygens (including phenoxy) is 1. The quantitative estimate of drug-likeness (QED) is 0.739. The van der Waals surface area contributed by atoms with Crippen LogP contribution in [0.15, 0.2) is 0 Å². The highest BCUT2D eigenvalue weighted by Crippen LogP contribution is 2.56. The van der Waals surface area contributed by atoms with Crippen LogP contribution in [0.25, 0.3) is 0 Å². The average molecular weight is 308 g/mol. The van der Waals surface area contributed by atoms with Gasteiger partial charge in [-0.05, 0) is 31.6 Å². The molecule has 5 nitrogen and oxygen atoms in total. The van der Waals surface area contributed by atoms with Crippen LogP contribution < -0.4 is 0 Å². The average Bonchev–Trinajstić information content (AvgIpc) is 3.28. The highest BCUT2D eigenvalue weighted by molar-refractivity contribution is 5.82. The Morgan fingerprint density at radius 1 is 1.09 bits per heavy atom. The van der Waals surface area contributed by atoms with Crippen molar-refractivity contribution in [2.45, 2.75) is 45.1 Å². The number of piperazine rings is 1. The molecule has 22 heavy (non-hydrogen) atoms. The first-order chi connectivity index (χ1) is 10.6. The van der Waals surface area contributed by atoms with Crippen molar-refractivity contribution in [2.24, 2.45) is 17.8 Å². The van der Waals surface area contributed by atoms with E-state index >= 15 is 0 Å². The SMILES string of the molecule is COC(=O)C[C@H](C)N1CCN(C(=O)C2[C@H]3CCCC[C@@H]23)CC1. The Balaban J connectivity index is 1.45. The first-order valence-electron chi connectivity index (χ1n) is 8.71. The van der Waals surface area contributed by atoms with Crippen molar-refractivity contribution in [1.82, 2.24) is 9.80 Å². The zero-order chi connectivity index (χ0) is 15.7. The summed E-state index contributed by atoms with van der Waals surface area (Å²) in [4.78, 5) is 28.4. The fourth-order valence-electron chi connectivity index (χ4n) is 4.41. The highest BCUT2D eigenvalue weighted by Gasteiger charge is 2.55. The lowest BCUT2D eigenvalue weighted by Gasteiger charge is -2.38. The minimum absolute atomic E-state index is 0.159. The van der Waals surface area contributed by atoms with Gasteiger partial charge in [0, 0.05) is 38.1 Å². The van der Waals surface area contributed by atoms with Crippen LogP contribution in [0.5, 0.6) is 0 Å². The molecule has 3 rings (SSSR count). The zero-order valence-electron chi connectivity index (χ0n) is 13.8. The van der Waals surface area contributed by atoms with Crippen molar-refractivity contribution < 1.29 is 14.3 Å². The van der Waals surface area contributed by atoms with E-state index in [2.05, 4.69) is 16.7 Å². The third-order valence-electron chi connectivity index (χ3n) is 5.88. The monoisotopic (exact) mass is 308 g/mol. The van der Waals surface area contributed by atoms with Gasteiger partial charge in [-0.25, -0.2) is 0 Å². The van der Waals surface area contributed by atoms with Crippen molar-refractivity contribution in [3.8, 4) is 0 Å². The van der Waals surface area contributed by atoms with Crippen LogP contribution in [0.2, 0.25) is 0 Å². The Bertz CT molecular complexity index is 420. The van der Waals surface area contributed by atoms with Crippen LogP contribution >= 0.6 is 0 Å². The fourth-order valence-corrected chi connectivity index (χ4v) is 4.41. The number of nitrogens with zero attached hydrogens (tertiary/aromatic N) is 2. The van der Waals surface area contributed by atoms with Gasteiger partial charge in [-0.3, -0.25) is 14.5 Å². The lowest BCUT2D eigenvalue weighted by Crippen LogP contribution is -2.52. The van der Waals surface area contributed by atoms with Crippen molar-refractivity contribution in [2.75, 3.05) is 33.3 Å². The number of hydrogen-bond donors (Lipinski definition) is 0. The third kappa shape index (κ3) is 3.14. The van der Waals surface area contributed by atoms with Crippen molar-refractivity contribution in [3.05, 3.63) is 0 Å². The van der Waals surface area contributed by atoms with E-state index in [0.717, 1.165) is 26.2 Å². The number of hydrogen-bond acceptors (Lipinski definition) is 4. The first-order valence-corrected chi connectivity index (χ1v) is 8.71. The molecule has 1 amide bonds. The summed E-state index contributed by atoms with van der Waals surface area (Å²) in [6.07, 6.45) is 5.57. The van der Waals surface area contributed by atoms with Gasteiger partial charge in [0.25, 0.3) is 0 Å². The Hall–Kier alpha value is -1.10. The van der Waals surface area contributed by atoms with Crippen LogP contribution in [0.3, 0.4) is 0 Å². The number of fused-ring (bicyclic) bond motifs is 1. The van der Waals surface area contributed by atoms with E-state index in [0.29, 0.717) is 30.1 Å². The number of carbonyl (C=O) groups is 2. The van der Waals surface area contributed by atoms with Crippen molar-refractivity contribution in [3.63, 3.8) is 0 Å². The topological polar surface area (TPSA) is 49.9 Å². The molecular formula is C17H28N2O3. The molecule has 3 fully saturated rings. The number of rotatable bonds is 4. The second-order valence-electron chi connectivity index (χ2n) is 7.13. The highest BCUT2D eigenvalue weighted by atomic mass is 16.5. The molecule has 5 heteroatoms. The molecule has 0 aromatic heterocycles. The van der Waals surface area contributed by atoms with E-state index in [9.17, 15) is 9.59 Å². The normalized spacial score (nSPS) is 33.0. The summed E-state index contributed by atoms with van der Waals surface area (Å²) in [6, 6.07) is 0.188. The van der Waals surface area contributed by atoms with E-state index in [1.165, 1.54) is 32.8 Å². The summed E-state index contributed by atoms with van der Waals surface area (Å²) in [5.74, 6) is 1.96. The molecule has 1 unspecified atom stereocenters. The van der Waals surface area contributed by atoms with Gasteiger partial charge < -0.3 is 9.64 Å². The van der Waals surface area contributed by atoms with Gasteiger partial charge in [0.05, 0.1) is 13.5 Å². The maximum absolute atomic E-state index is 12.7. The van der Waals surface area contributed by atoms with Crippen molar-refractivity contribution >= 4 is 11.9 Å². The molecule has 0 N–H and O–H groups in total. The largest absolute Gasteiger partial charge is 0.469 e. The molecule has 1 heterocycles. The standard InChI is InChI=1S/C17H28N2O3/c1-12(11-15(20)22-2)18-7-9-19(10-8-18)17(21)16-13-5-3-4-6-14(13)16/h12-14,16H,3-11H2,1-2H3/t12-,13-,14+,16?/m0/s1. The summed E-state index contributed by atoms with van der Waals surface area (Å²) in [5.41, 5.74) is 0. The molecule has 0 spiro atoms. The summed E-state index contributed by atoms with van der Waals surface area (Å²) < 4.78 is 4.73. The maximum Gasteiger partial charge on any atom is 0.307 e. The number of carbonyl (C=O) groups excluding carboxylic acids is 2. The van der Waals surface area contributed by atoms with Gasteiger partial charge in [-0.15, -0.1) is 0 Å². The van der Waals surface area contributed by atoms with Crippen LogP contribution in [-0.4, -0.2) is 61.0 Å². The Morgan fingerprint density at radius 3 is 2.23 bits per heavy atom. The molecule has 0 aromatic rings. The molecule has 0 radical (unpaired) electrons. The predicted molar refractivity (Wildman–Crippen MR) is 83.2 cm³/mol. The third-order valence-corrected chi connectivity index (χ3v) is 5.88. The van der Waals surface area contributed by atoms with Gasteiger partial charge >= 0.3 is 5.97 Å². The summed E-state index contributed by atoms with van der Waals surface area (Å²) in [7, 11) is 1.43. The number of methoxy groups -OCH3 is 1. The predicted octanol–water partition coefficient (Wildman–Crippen LogP) is 1.52. The summed E-state index contributed by atoms with van der Waals surface area (Å²) >= 11 is 0. The van der Waals surface area contributed by atoms with E-state index < -0.39 is 0 Å². The van der Waals surface area contributed by atoms with E-state index in [1.54, 1.807) is 0 Å². The second-order valence-corrected chi connectivity index (χ2v) is 7.13. The maximum atomic E-state index is 12.7. The van der Waals surface area contributed by atoms with Gasteiger partial charge in [0.15, 0.2) is 0 Å². The minimum atomic E-state index is -0.159. The van der Waals surface area contributed by atoms with Gasteiger partial charge in [-0.1, -0.05) is 12.8 Å². The molecule has 0 bridgehead atoms. The number of amides is 1. The Labute approximate surface area is 133 Å². The van der Waals surface area contributed by atoms with E-state index in [1.807, 2.05) is 0 Å².